The molecule has 2 unspecified atom stereocenters. The van der Waals surface area contributed by atoms with E-state index in [1.165, 1.54) is 0 Å². The maximum absolute atomic E-state index is 11.2. The third-order valence-electron chi connectivity index (χ3n) is 2.91. The number of rotatable bonds is 4. The first-order valence-electron chi connectivity index (χ1n) is 6.16. The van der Waals surface area contributed by atoms with Gasteiger partial charge in [-0.3, -0.25) is 9.59 Å². The molecule has 19 heavy (non-hydrogen) atoms. The number of esters is 1. The van der Waals surface area contributed by atoms with E-state index in [1.807, 2.05) is 13.8 Å². The fourth-order valence-corrected chi connectivity index (χ4v) is 2.08. The van der Waals surface area contributed by atoms with Crippen LogP contribution in [0.25, 0.3) is 0 Å². The first-order valence-corrected chi connectivity index (χ1v) is 6.16. The first kappa shape index (κ1) is 13.4. The molecule has 2 rings (SSSR count). The molecule has 1 saturated heterocycles. The van der Waals surface area contributed by atoms with E-state index in [9.17, 15) is 9.59 Å². The Hall–Kier alpha value is -2.04. The summed E-state index contributed by atoms with van der Waals surface area (Å²) in [7, 11) is 0. The van der Waals surface area contributed by atoms with E-state index in [0.717, 1.165) is 0 Å². The van der Waals surface area contributed by atoms with Crippen molar-refractivity contribution in [2.45, 2.75) is 32.5 Å². The number of cyclic esters (lactones) is 1. The van der Waals surface area contributed by atoms with Crippen molar-refractivity contribution in [3.05, 3.63) is 29.8 Å². The Morgan fingerprint density at radius 1 is 1.37 bits per heavy atom. The number of carboxylic acids is 1. The van der Waals surface area contributed by atoms with Gasteiger partial charge in [-0.2, -0.15) is 0 Å². The third-order valence-corrected chi connectivity index (χ3v) is 2.91. The lowest BCUT2D eigenvalue weighted by Crippen LogP contribution is -2.17. The zero-order valence-electron chi connectivity index (χ0n) is 10.8. The molecule has 1 fully saturated rings. The lowest BCUT2D eigenvalue weighted by molar-refractivity contribution is -0.144. The molecular formula is C14H16O5. The van der Waals surface area contributed by atoms with Gasteiger partial charge in [-0.1, -0.05) is 12.1 Å². The quantitative estimate of drug-likeness (QED) is 0.844. The third kappa shape index (κ3) is 3.05. The van der Waals surface area contributed by atoms with Crippen LogP contribution in [0, 0.1) is 5.92 Å². The van der Waals surface area contributed by atoms with Crippen molar-refractivity contribution < 1.29 is 24.2 Å². The highest BCUT2D eigenvalue weighted by molar-refractivity contribution is 5.82. The van der Waals surface area contributed by atoms with Crippen LogP contribution in [0.15, 0.2) is 24.3 Å². The average Bonchev–Trinajstić information content (AvgIpc) is 2.72. The fraction of sp³-hybridized carbons (Fsp3) is 0.429. The van der Waals surface area contributed by atoms with E-state index in [1.54, 1.807) is 24.3 Å². The van der Waals surface area contributed by atoms with E-state index in [0.29, 0.717) is 11.3 Å². The second-order valence-electron chi connectivity index (χ2n) is 4.79. The van der Waals surface area contributed by atoms with Crippen molar-refractivity contribution in [1.29, 1.82) is 0 Å². The molecule has 1 aromatic rings. The van der Waals surface area contributed by atoms with Gasteiger partial charge in [0.25, 0.3) is 0 Å². The minimum Gasteiger partial charge on any atom is -0.491 e. The smallest absolute Gasteiger partial charge is 0.311 e. The minimum atomic E-state index is -1.02. The molecule has 5 heteroatoms. The fourth-order valence-electron chi connectivity index (χ4n) is 2.08. The highest BCUT2D eigenvalue weighted by Gasteiger charge is 2.40. The van der Waals surface area contributed by atoms with Gasteiger partial charge in [-0.25, -0.2) is 0 Å². The summed E-state index contributed by atoms with van der Waals surface area (Å²) in [5.41, 5.74) is 0.675. The van der Waals surface area contributed by atoms with E-state index in [-0.39, 0.29) is 12.5 Å². The number of carbonyl (C=O) groups is 2. The number of ether oxygens (including phenoxy) is 2. The zero-order valence-corrected chi connectivity index (χ0v) is 10.8. The summed E-state index contributed by atoms with van der Waals surface area (Å²) in [6, 6.07) is 6.97. The monoisotopic (exact) mass is 264 g/mol. The maximum Gasteiger partial charge on any atom is 0.311 e. The van der Waals surface area contributed by atoms with Crippen LogP contribution in [0.1, 0.15) is 31.9 Å². The maximum atomic E-state index is 11.2. The van der Waals surface area contributed by atoms with Crippen molar-refractivity contribution >= 4 is 11.9 Å². The zero-order chi connectivity index (χ0) is 14.0. The van der Waals surface area contributed by atoms with E-state index in [4.69, 9.17) is 14.6 Å². The number of carboxylic acid groups (broad SMARTS) is 1. The summed E-state index contributed by atoms with van der Waals surface area (Å²) in [5, 5.41) is 9.08. The Morgan fingerprint density at radius 3 is 2.53 bits per heavy atom. The van der Waals surface area contributed by atoms with Crippen LogP contribution < -0.4 is 4.74 Å². The molecule has 1 aliphatic rings. The van der Waals surface area contributed by atoms with Gasteiger partial charge in [0.05, 0.1) is 12.5 Å². The van der Waals surface area contributed by atoms with Gasteiger partial charge in [-0.15, -0.1) is 0 Å². The molecule has 0 aromatic heterocycles. The molecule has 1 aliphatic heterocycles. The van der Waals surface area contributed by atoms with Gasteiger partial charge in [0, 0.05) is 0 Å². The summed E-state index contributed by atoms with van der Waals surface area (Å²) in [5.74, 6) is -1.60. The van der Waals surface area contributed by atoms with Gasteiger partial charge in [0.2, 0.25) is 0 Å². The molecule has 0 radical (unpaired) electrons. The summed E-state index contributed by atoms with van der Waals surface area (Å²) in [4.78, 5) is 22.3. The second-order valence-corrected chi connectivity index (χ2v) is 4.79. The lowest BCUT2D eigenvalue weighted by atomic mass is 9.95. The Bertz CT molecular complexity index is 477. The molecule has 1 aromatic carbocycles. The predicted octanol–water partition coefficient (Wildman–Crippen LogP) is 2.16. The molecule has 0 aliphatic carbocycles. The molecular weight excluding hydrogens is 248 g/mol. The van der Waals surface area contributed by atoms with Crippen molar-refractivity contribution in [2.75, 3.05) is 0 Å². The average molecular weight is 264 g/mol. The number of hydrogen-bond acceptors (Lipinski definition) is 4. The molecule has 2 atom stereocenters. The van der Waals surface area contributed by atoms with Crippen LogP contribution in [0.4, 0.5) is 0 Å². The van der Waals surface area contributed by atoms with Crippen molar-refractivity contribution in [2.24, 2.45) is 5.92 Å². The standard InChI is InChI=1S/C14H16O5/c1-8(2)18-10-5-3-9(4-6-10)13-11(14(16)17)7-12(15)19-13/h3-6,8,11,13H,7H2,1-2H3,(H,16,17). The topological polar surface area (TPSA) is 72.8 Å². The molecule has 102 valence electrons. The lowest BCUT2D eigenvalue weighted by Gasteiger charge is -2.15. The van der Waals surface area contributed by atoms with Crippen LogP contribution in [0.3, 0.4) is 0 Å². The van der Waals surface area contributed by atoms with E-state index >= 15 is 0 Å². The summed E-state index contributed by atoms with van der Waals surface area (Å²) in [6.45, 7) is 3.85. The van der Waals surface area contributed by atoms with Gasteiger partial charge < -0.3 is 14.6 Å². The minimum absolute atomic E-state index is 0.0712. The van der Waals surface area contributed by atoms with Crippen molar-refractivity contribution in [3.8, 4) is 5.75 Å². The second kappa shape index (κ2) is 5.30. The predicted molar refractivity (Wildman–Crippen MR) is 66.8 cm³/mol. The Balaban J connectivity index is 2.17. The van der Waals surface area contributed by atoms with Crippen LogP contribution in [-0.4, -0.2) is 23.1 Å². The summed E-state index contributed by atoms with van der Waals surface area (Å²) < 4.78 is 10.6. The Kier molecular flexibility index (Phi) is 3.74. The molecule has 0 bridgehead atoms. The number of aliphatic carboxylic acids is 1. The van der Waals surface area contributed by atoms with E-state index in [2.05, 4.69) is 0 Å². The molecule has 1 heterocycles. The van der Waals surface area contributed by atoms with Gasteiger partial charge in [0.1, 0.15) is 17.8 Å². The van der Waals surface area contributed by atoms with Crippen LogP contribution in [0.2, 0.25) is 0 Å². The highest BCUT2D eigenvalue weighted by atomic mass is 16.6. The normalized spacial score (nSPS) is 22.4. The molecule has 5 nitrogen and oxygen atoms in total. The SMILES string of the molecule is CC(C)Oc1ccc(C2OC(=O)CC2C(=O)O)cc1. The van der Waals surface area contributed by atoms with Crippen LogP contribution >= 0.6 is 0 Å². The Morgan fingerprint density at radius 2 is 2.00 bits per heavy atom. The van der Waals surface area contributed by atoms with E-state index < -0.39 is 24.0 Å². The highest BCUT2D eigenvalue weighted by Crippen LogP contribution is 2.36. The van der Waals surface area contributed by atoms with Crippen molar-refractivity contribution in [3.63, 3.8) is 0 Å². The molecule has 0 saturated carbocycles. The number of carbonyl (C=O) groups excluding carboxylic acids is 1. The Labute approximate surface area is 111 Å². The molecule has 1 N–H and O–H groups in total. The number of benzene rings is 1. The van der Waals surface area contributed by atoms with Crippen molar-refractivity contribution in [1.82, 2.24) is 0 Å². The van der Waals surface area contributed by atoms with Gasteiger partial charge >= 0.3 is 11.9 Å². The van der Waals surface area contributed by atoms with Crippen LogP contribution in [-0.2, 0) is 14.3 Å². The largest absolute Gasteiger partial charge is 0.491 e. The first-order chi connectivity index (χ1) is 8.97. The number of hydrogen-bond donors (Lipinski definition) is 1. The summed E-state index contributed by atoms with van der Waals surface area (Å²) in [6.07, 6.45) is -0.718. The van der Waals surface area contributed by atoms with Crippen LogP contribution in [0.5, 0.6) is 5.75 Å². The van der Waals surface area contributed by atoms with Gasteiger partial charge in [-0.05, 0) is 31.5 Å². The van der Waals surface area contributed by atoms with Gasteiger partial charge in [0.15, 0.2) is 0 Å². The summed E-state index contributed by atoms with van der Waals surface area (Å²) >= 11 is 0. The molecule has 0 amide bonds. The molecule has 0 spiro atoms.